The molecule has 0 spiro atoms. The fourth-order valence-corrected chi connectivity index (χ4v) is 1.52. The largest absolute Gasteiger partial charge is 0.497 e. The summed E-state index contributed by atoms with van der Waals surface area (Å²) in [7, 11) is 1.57. The van der Waals surface area contributed by atoms with Gasteiger partial charge in [-0.15, -0.1) is 0 Å². The molecular formula is C13H17NO3. The molecule has 1 amide bonds. The second-order valence-electron chi connectivity index (χ2n) is 3.95. The summed E-state index contributed by atoms with van der Waals surface area (Å²) >= 11 is 0. The van der Waals surface area contributed by atoms with Crippen LogP contribution in [-0.2, 0) is 16.0 Å². The number of hydrogen-bond acceptors (Lipinski definition) is 3. The van der Waals surface area contributed by atoms with Crippen molar-refractivity contribution in [3.8, 4) is 5.75 Å². The molecule has 0 bridgehead atoms. The quantitative estimate of drug-likeness (QED) is 0.851. The normalized spacial score (nSPS) is 9.82. The van der Waals surface area contributed by atoms with Gasteiger partial charge in [0.2, 0.25) is 5.91 Å². The van der Waals surface area contributed by atoms with Gasteiger partial charge in [0.1, 0.15) is 11.5 Å². The molecule has 0 heterocycles. The zero-order valence-corrected chi connectivity index (χ0v) is 10.4. The number of carbonyl (C=O) groups excluding carboxylic acids is 2. The van der Waals surface area contributed by atoms with Gasteiger partial charge in [-0.25, -0.2) is 0 Å². The van der Waals surface area contributed by atoms with E-state index in [4.69, 9.17) is 4.74 Å². The standard InChI is InChI=1S/C13H17NO3/c1-9(15)4-5-11-6-12(14-10(2)16)8-13(7-11)17-3/h6-8H,4-5H2,1-3H3,(H,14,16). The van der Waals surface area contributed by atoms with Crippen molar-refractivity contribution < 1.29 is 14.3 Å². The minimum absolute atomic E-state index is 0.129. The number of ketones is 1. The number of hydrogen-bond donors (Lipinski definition) is 1. The van der Waals surface area contributed by atoms with E-state index in [1.54, 1.807) is 20.1 Å². The molecular weight excluding hydrogens is 218 g/mol. The molecule has 0 fully saturated rings. The molecule has 17 heavy (non-hydrogen) atoms. The van der Waals surface area contributed by atoms with Crippen LogP contribution in [0.3, 0.4) is 0 Å². The Morgan fingerprint density at radius 2 is 1.94 bits per heavy atom. The summed E-state index contributed by atoms with van der Waals surface area (Å²) in [4.78, 5) is 21.9. The number of Topliss-reactive ketones (excluding diaryl/α,β-unsaturated/α-hetero) is 1. The highest BCUT2D eigenvalue weighted by Gasteiger charge is 2.04. The first-order valence-corrected chi connectivity index (χ1v) is 5.46. The highest BCUT2D eigenvalue weighted by molar-refractivity contribution is 5.89. The number of anilines is 1. The predicted octanol–water partition coefficient (Wildman–Crippen LogP) is 2.18. The zero-order chi connectivity index (χ0) is 12.8. The zero-order valence-electron chi connectivity index (χ0n) is 10.4. The maximum Gasteiger partial charge on any atom is 0.221 e. The third-order valence-corrected chi connectivity index (χ3v) is 2.29. The summed E-state index contributed by atoms with van der Waals surface area (Å²) < 4.78 is 5.15. The van der Waals surface area contributed by atoms with Crippen LogP contribution in [0.25, 0.3) is 0 Å². The van der Waals surface area contributed by atoms with E-state index in [0.717, 1.165) is 5.56 Å². The van der Waals surface area contributed by atoms with Crippen molar-refractivity contribution in [2.24, 2.45) is 0 Å². The molecule has 0 saturated carbocycles. The molecule has 0 aromatic heterocycles. The first-order valence-electron chi connectivity index (χ1n) is 5.46. The molecule has 1 aromatic carbocycles. The molecule has 0 radical (unpaired) electrons. The van der Waals surface area contributed by atoms with Gasteiger partial charge >= 0.3 is 0 Å². The van der Waals surface area contributed by atoms with Crippen molar-refractivity contribution in [3.05, 3.63) is 23.8 Å². The summed E-state index contributed by atoms with van der Waals surface area (Å²) in [5, 5.41) is 2.70. The van der Waals surface area contributed by atoms with Crippen LogP contribution in [0.5, 0.6) is 5.75 Å². The number of methoxy groups -OCH3 is 1. The van der Waals surface area contributed by atoms with E-state index in [0.29, 0.717) is 24.3 Å². The number of rotatable bonds is 5. The average Bonchev–Trinajstić information content (AvgIpc) is 2.25. The van der Waals surface area contributed by atoms with Crippen molar-refractivity contribution in [1.82, 2.24) is 0 Å². The second kappa shape index (κ2) is 6.03. The number of aryl methyl sites for hydroxylation is 1. The fraction of sp³-hybridized carbons (Fsp3) is 0.385. The van der Waals surface area contributed by atoms with E-state index in [2.05, 4.69) is 5.32 Å². The lowest BCUT2D eigenvalue weighted by Gasteiger charge is -2.09. The van der Waals surface area contributed by atoms with Crippen LogP contribution in [-0.4, -0.2) is 18.8 Å². The fourth-order valence-electron chi connectivity index (χ4n) is 1.52. The minimum Gasteiger partial charge on any atom is -0.497 e. The summed E-state index contributed by atoms with van der Waals surface area (Å²) in [6, 6.07) is 5.47. The van der Waals surface area contributed by atoms with Gasteiger partial charge in [-0.1, -0.05) is 0 Å². The SMILES string of the molecule is COc1cc(CCC(C)=O)cc(NC(C)=O)c1. The van der Waals surface area contributed by atoms with Gasteiger partial charge in [-0.2, -0.15) is 0 Å². The van der Waals surface area contributed by atoms with Crippen molar-refractivity contribution in [2.45, 2.75) is 26.7 Å². The molecule has 0 unspecified atom stereocenters. The first kappa shape index (κ1) is 13.2. The van der Waals surface area contributed by atoms with E-state index in [-0.39, 0.29) is 11.7 Å². The maximum atomic E-state index is 11.0. The molecule has 0 aliphatic rings. The van der Waals surface area contributed by atoms with Crippen LogP contribution >= 0.6 is 0 Å². The summed E-state index contributed by atoms with van der Waals surface area (Å²) in [6.45, 7) is 3.02. The summed E-state index contributed by atoms with van der Waals surface area (Å²) in [6.07, 6.45) is 1.14. The number of nitrogens with one attached hydrogen (secondary N) is 1. The number of amides is 1. The predicted molar refractivity (Wildman–Crippen MR) is 66.3 cm³/mol. The molecule has 0 atom stereocenters. The van der Waals surface area contributed by atoms with Crippen molar-refractivity contribution in [2.75, 3.05) is 12.4 Å². The smallest absolute Gasteiger partial charge is 0.221 e. The molecule has 1 rings (SSSR count). The highest BCUT2D eigenvalue weighted by Crippen LogP contribution is 2.21. The lowest BCUT2D eigenvalue weighted by Crippen LogP contribution is -2.06. The monoisotopic (exact) mass is 235 g/mol. The Kier molecular flexibility index (Phi) is 4.69. The molecule has 0 aliphatic heterocycles. The number of benzene rings is 1. The van der Waals surface area contributed by atoms with Crippen LogP contribution in [0.1, 0.15) is 25.8 Å². The number of carbonyl (C=O) groups is 2. The maximum absolute atomic E-state index is 11.0. The molecule has 1 N–H and O–H groups in total. The van der Waals surface area contributed by atoms with Crippen molar-refractivity contribution in [3.63, 3.8) is 0 Å². The van der Waals surface area contributed by atoms with Crippen molar-refractivity contribution in [1.29, 1.82) is 0 Å². The van der Waals surface area contributed by atoms with E-state index < -0.39 is 0 Å². The summed E-state index contributed by atoms with van der Waals surface area (Å²) in [5.74, 6) is 0.694. The molecule has 92 valence electrons. The third-order valence-electron chi connectivity index (χ3n) is 2.29. The Hall–Kier alpha value is -1.84. The topological polar surface area (TPSA) is 55.4 Å². The van der Waals surface area contributed by atoms with Crippen molar-refractivity contribution >= 4 is 17.4 Å². The van der Waals surface area contributed by atoms with Gasteiger partial charge in [0.25, 0.3) is 0 Å². The first-order chi connectivity index (χ1) is 8.01. The minimum atomic E-state index is -0.129. The van der Waals surface area contributed by atoms with Crippen LogP contribution in [0.4, 0.5) is 5.69 Å². The Morgan fingerprint density at radius 1 is 1.24 bits per heavy atom. The van der Waals surface area contributed by atoms with Gasteiger partial charge in [0, 0.05) is 25.1 Å². The Morgan fingerprint density at radius 3 is 2.47 bits per heavy atom. The molecule has 1 aromatic rings. The van der Waals surface area contributed by atoms with E-state index in [9.17, 15) is 9.59 Å². The number of ether oxygens (including phenoxy) is 1. The lowest BCUT2D eigenvalue weighted by molar-refractivity contribution is -0.117. The van der Waals surface area contributed by atoms with Crippen LogP contribution in [0.15, 0.2) is 18.2 Å². The van der Waals surface area contributed by atoms with Gasteiger partial charge in [0.05, 0.1) is 7.11 Å². The van der Waals surface area contributed by atoms with Gasteiger partial charge in [-0.3, -0.25) is 4.79 Å². The van der Waals surface area contributed by atoms with Crippen LogP contribution < -0.4 is 10.1 Å². The Bertz CT molecular complexity index is 427. The Balaban J connectivity index is 2.88. The average molecular weight is 235 g/mol. The van der Waals surface area contributed by atoms with E-state index in [1.807, 2.05) is 12.1 Å². The van der Waals surface area contributed by atoms with Gasteiger partial charge < -0.3 is 14.8 Å². The lowest BCUT2D eigenvalue weighted by atomic mass is 10.1. The highest BCUT2D eigenvalue weighted by atomic mass is 16.5. The van der Waals surface area contributed by atoms with Gasteiger partial charge in [0.15, 0.2) is 0 Å². The second-order valence-corrected chi connectivity index (χ2v) is 3.95. The molecule has 4 nitrogen and oxygen atoms in total. The van der Waals surface area contributed by atoms with Gasteiger partial charge in [-0.05, 0) is 31.0 Å². The third kappa shape index (κ3) is 4.68. The Labute approximate surface area is 101 Å². The van der Waals surface area contributed by atoms with Crippen LogP contribution in [0, 0.1) is 0 Å². The molecule has 4 heteroatoms. The molecule has 0 aliphatic carbocycles. The molecule has 0 saturated heterocycles. The van der Waals surface area contributed by atoms with Crippen LogP contribution in [0.2, 0.25) is 0 Å². The van der Waals surface area contributed by atoms with E-state index >= 15 is 0 Å². The van der Waals surface area contributed by atoms with E-state index in [1.165, 1.54) is 6.92 Å². The summed E-state index contributed by atoms with van der Waals surface area (Å²) in [5.41, 5.74) is 1.67.